The van der Waals surface area contributed by atoms with Crippen molar-refractivity contribution in [2.45, 2.75) is 18.9 Å². The summed E-state index contributed by atoms with van der Waals surface area (Å²) in [5.74, 6) is -0.455. The number of carboxylic acid groups (broad SMARTS) is 1. The molecule has 1 aromatic rings. The Bertz CT molecular complexity index is 418. The molecule has 1 aromatic carbocycles. The second-order valence-electron chi connectivity index (χ2n) is 3.88. The maximum absolute atomic E-state index is 11.4. The second-order valence-corrected chi connectivity index (χ2v) is 3.88. The van der Waals surface area contributed by atoms with Crippen molar-refractivity contribution in [3.63, 3.8) is 0 Å². The maximum Gasteiger partial charge on any atom is 0.410 e. The van der Waals surface area contributed by atoms with Crippen LogP contribution in [-0.4, -0.2) is 34.8 Å². The first kappa shape index (κ1) is 11.4. The van der Waals surface area contributed by atoms with E-state index in [0.29, 0.717) is 12.8 Å². The van der Waals surface area contributed by atoms with Gasteiger partial charge < -0.3 is 9.84 Å². The van der Waals surface area contributed by atoms with Crippen LogP contribution in [0.2, 0.25) is 0 Å². The van der Waals surface area contributed by atoms with Crippen molar-refractivity contribution in [3.05, 3.63) is 35.9 Å². The van der Waals surface area contributed by atoms with Crippen LogP contribution in [0.1, 0.15) is 12.0 Å². The highest BCUT2D eigenvalue weighted by molar-refractivity contribution is 5.83. The summed E-state index contributed by atoms with van der Waals surface area (Å²) < 4.78 is 4.73. The molecular formula is C12H13NO4. The quantitative estimate of drug-likeness (QED) is 0.806. The number of esters is 1. The van der Waals surface area contributed by atoms with E-state index in [2.05, 4.69) is 0 Å². The van der Waals surface area contributed by atoms with Crippen LogP contribution < -0.4 is 0 Å². The predicted octanol–water partition coefficient (Wildman–Crippen LogP) is 1.48. The molecule has 0 aliphatic carbocycles. The Balaban J connectivity index is 1.98. The van der Waals surface area contributed by atoms with Crippen molar-refractivity contribution in [2.24, 2.45) is 0 Å². The van der Waals surface area contributed by atoms with Gasteiger partial charge in [0.1, 0.15) is 6.04 Å². The first-order valence-corrected chi connectivity index (χ1v) is 5.38. The molecule has 1 aliphatic heterocycles. The van der Waals surface area contributed by atoms with Gasteiger partial charge in [-0.15, -0.1) is 0 Å². The van der Waals surface area contributed by atoms with Gasteiger partial charge in [-0.3, -0.25) is 4.90 Å². The number of aryl methyl sites for hydroxylation is 1. The van der Waals surface area contributed by atoms with Gasteiger partial charge in [0, 0.05) is 0 Å². The number of carbonyl (C=O) groups excluding carboxylic acids is 1. The van der Waals surface area contributed by atoms with Gasteiger partial charge in [-0.1, -0.05) is 30.3 Å². The van der Waals surface area contributed by atoms with Crippen LogP contribution in [0.3, 0.4) is 0 Å². The summed E-state index contributed by atoms with van der Waals surface area (Å²) >= 11 is 0. The van der Waals surface area contributed by atoms with Crippen molar-refractivity contribution in [1.29, 1.82) is 0 Å². The molecule has 1 N–H and O–H groups in total. The van der Waals surface area contributed by atoms with E-state index in [0.717, 1.165) is 10.5 Å². The predicted molar refractivity (Wildman–Crippen MR) is 59.4 cm³/mol. The fourth-order valence-electron chi connectivity index (χ4n) is 1.86. The normalized spacial score (nSPS) is 19.2. The molecule has 1 saturated heterocycles. The van der Waals surface area contributed by atoms with E-state index in [1.54, 1.807) is 0 Å². The fourth-order valence-corrected chi connectivity index (χ4v) is 1.86. The van der Waals surface area contributed by atoms with Gasteiger partial charge in [0.2, 0.25) is 0 Å². The molecule has 5 nitrogen and oxygen atoms in total. The molecule has 1 fully saturated rings. The first-order valence-electron chi connectivity index (χ1n) is 5.38. The van der Waals surface area contributed by atoms with E-state index >= 15 is 0 Å². The van der Waals surface area contributed by atoms with Crippen molar-refractivity contribution >= 4 is 12.1 Å². The zero-order valence-electron chi connectivity index (χ0n) is 9.20. The number of amides is 1. The van der Waals surface area contributed by atoms with Crippen LogP contribution in [0.25, 0.3) is 0 Å². The Morgan fingerprint density at radius 3 is 2.76 bits per heavy atom. The molecule has 1 atom stereocenters. The average molecular weight is 235 g/mol. The van der Waals surface area contributed by atoms with Crippen LogP contribution in [0, 0.1) is 0 Å². The van der Waals surface area contributed by atoms with E-state index in [1.807, 2.05) is 30.3 Å². The Labute approximate surface area is 98.6 Å². The molecule has 1 amide bonds. The summed E-state index contributed by atoms with van der Waals surface area (Å²) in [6.45, 7) is -0.159. The molecule has 17 heavy (non-hydrogen) atoms. The van der Waals surface area contributed by atoms with Crippen LogP contribution in [0.4, 0.5) is 4.79 Å². The number of cyclic esters (lactones) is 1. The summed E-state index contributed by atoms with van der Waals surface area (Å²) in [4.78, 5) is 23.3. The SMILES string of the molecule is O=C1OCN(C(=O)O)[C@H]1CCc1ccccc1. The Morgan fingerprint density at radius 1 is 1.41 bits per heavy atom. The molecule has 0 unspecified atom stereocenters. The molecule has 0 radical (unpaired) electrons. The topological polar surface area (TPSA) is 66.8 Å². The summed E-state index contributed by atoms with van der Waals surface area (Å²) in [6, 6.07) is 8.97. The number of nitrogens with zero attached hydrogens (tertiary/aromatic N) is 1. The van der Waals surface area contributed by atoms with Crippen LogP contribution >= 0.6 is 0 Å². The molecular weight excluding hydrogens is 222 g/mol. The van der Waals surface area contributed by atoms with Crippen LogP contribution in [0.5, 0.6) is 0 Å². The minimum Gasteiger partial charge on any atom is -0.465 e. The molecule has 2 rings (SSSR count). The highest BCUT2D eigenvalue weighted by Gasteiger charge is 2.37. The molecule has 5 heteroatoms. The monoisotopic (exact) mass is 235 g/mol. The Hall–Kier alpha value is -2.04. The third-order valence-electron chi connectivity index (χ3n) is 2.79. The largest absolute Gasteiger partial charge is 0.465 e. The van der Waals surface area contributed by atoms with E-state index in [-0.39, 0.29) is 6.73 Å². The number of carbonyl (C=O) groups is 2. The number of benzene rings is 1. The lowest BCUT2D eigenvalue weighted by molar-refractivity contribution is -0.139. The molecule has 0 aromatic heterocycles. The second kappa shape index (κ2) is 4.86. The Kier molecular flexibility index (Phi) is 3.27. The van der Waals surface area contributed by atoms with Crippen LogP contribution in [0.15, 0.2) is 30.3 Å². The van der Waals surface area contributed by atoms with E-state index in [4.69, 9.17) is 9.84 Å². The lowest BCUT2D eigenvalue weighted by Gasteiger charge is -2.16. The maximum atomic E-state index is 11.4. The fraction of sp³-hybridized carbons (Fsp3) is 0.333. The van der Waals surface area contributed by atoms with Crippen molar-refractivity contribution in [3.8, 4) is 0 Å². The molecule has 1 heterocycles. The van der Waals surface area contributed by atoms with Crippen LogP contribution in [-0.2, 0) is 16.0 Å². The molecule has 0 spiro atoms. The van der Waals surface area contributed by atoms with Gasteiger partial charge in [-0.2, -0.15) is 0 Å². The minimum absolute atomic E-state index is 0.159. The number of hydrogen-bond acceptors (Lipinski definition) is 3. The number of rotatable bonds is 3. The third kappa shape index (κ3) is 2.55. The van der Waals surface area contributed by atoms with Crippen molar-refractivity contribution in [1.82, 2.24) is 4.90 Å². The summed E-state index contributed by atoms with van der Waals surface area (Å²) in [5.41, 5.74) is 1.08. The summed E-state index contributed by atoms with van der Waals surface area (Å²) in [6.07, 6.45) is -0.00610. The van der Waals surface area contributed by atoms with Gasteiger partial charge in [-0.25, -0.2) is 9.59 Å². The standard InChI is InChI=1S/C12H13NO4/c14-11-10(13(8-17-11)12(15)16)7-6-9-4-2-1-3-5-9/h1-5,10H,6-8H2,(H,15,16)/t10-/m0/s1. The zero-order valence-corrected chi connectivity index (χ0v) is 9.20. The first-order chi connectivity index (χ1) is 8.18. The highest BCUT2D eigenvalue weighted by Crippen LogP contribution is 2.17. The van der Waals surface area contributed by atoms with Gasteiger partial charge in [0.15, 0.2) is 6.73 Å². The number of hydrogen-bond donors (Lipinski definition) is 1. The van der Waals surface area contributed by atoms with E-state index < -0.39 is 18.1 Å². The van der Waals surface area contributed by atoms with Gasteiger partial charge >= 0.3 is 12.1 Å². The van der Waals surface area contributed by atoms with Gasteiger partial charge in [0.05, 0.1) is 0 Å². The van der Waals surface area contributed by atoms with Gasteiger partial charge in [-0.05, 0) is 18.4 Å². The highest BCUT2D eigenvalue weighted by atomic mass is 16.6. The molecule has 0 bridgehead atoms. The summed E-state index contributed by atoms with van der Waals surface area (Å²) in [5, 5.41) is 8.89. The number of ether oxygens (including phenoxy) is 1. The smallest absolute Gasteiger partial charge is 0.410 e. The molecule has 0 saturated carbocycles. The minimum atomic E-state index is -1.12. The molecule has 90 valence electrons. The third-order valence-corrected chi connectivity index (χ3v) is 2.79. The van der Waals surface area contributed by atoms with Gasteiger partial charge in [0.25, 0.3) is 0 Å². The lowest BCUT2D eigenvalue weighted by Crippen LogP contribution is -2.37. The van der Waals surface area contributed by atoms with E-state index in [1.165, 1.54) is 0 Å². The van der Waals surface area contributed by atoms with Crippen molar-refractivity contribution in [2.75, 3.05) is 6.73 Å². The molecule has 1 aliphatic rings. The summed E-state index contributed by atoms with van der Waals surface area (Å²) in [7, 11) is 0. The Morgan fingerprint density at radius 2 is 2.12 bits per heavy atom. The average Bonchev–Trinajstić information content (AvgIpc) is 2.69. The zero-order chi connectivity index (χ0) is 12.3. The lowest BCUT2D eigenvalue weighted by atomic mass is 10.1. The van der Waals surface area contributed by atoms with E-state index in [9.17, 15) is 9.59 Å². The van der Waals surface area contributed by atoms with Crippen molar-refractivity contribution < 1.29 is 19.4 Å².